The first-order valence-corrected chi connectivity index (χ1v) is 7.24. The molecular formula is C13H21N5S. The number of anilines is 2. The van der Waals surface area contributed by atoms with Crippen LogP contribution in [0.25, 0.3) is 0 Å². The number of nitrogens with two attached hydrogens (primary N) is 1. The van der Waals surface area contributed by atoms with Crippen LogP contribution in [0.2, 0.25) is 0 Å². The number of rotatable bonds is 4. The highest BCUT2D eigenvalue weighted by molar-refractivity contribution is 7.09. The van der Waals surface area contributed by atoms with Crippen molar-refractivity contribution in [3.05, 3.63) is 21.8 Å². The summed E-state index contributed by atoms with van der Waals surface area (Å²) in [7, 11) is 2.03. The molecule has 2 rings (SSSR count). The van der Waals surface area contributed by atoms with E-state index in [1.807, 2.05) is 25.6 Å². The molecule has 0 amide bonds. The topological polar surface area (TPSA) is 60.0 Å². The van der Waals surface area contributed by atoms with Gasteiger partial charge in [-0.2, -0.15) is 5.10 Å². The summed E-state index contributed by atoms with van der Waals surface area (Å²) in [6, 6.07) is 0.283. The smallest absolute Gasteiger partial charge is 0.151 e. The third-order valence-electron chi connectivity index (χ3n) is 3.02. The zero-order valence-corrected chi connectivity index (χ0v) is 13.0. The van der Waals surface area contributed by atoms with E-state index in [4.69, 9.17) is 5.73 Å². The zero-order valence-electron chi connectivity index (χ0n) is 12.1. The summed E-state index contributed by atoms with van der Waals surface area (Å²) in [5, 5.41) is 7.69. The summed E-state index contributed by atoms with van der Waals surface area (Å²) in [5.74, 6) is 0.971. The molecule has 104 valence electrons. The van der Waals surface area contributed by atoms with Gasteiger partial charge in [0.1, 0.15) is 0 Å². The molecule has 5 nitrogen and oxygen atoms in total. The summed E-state index contributed by atoms with van der Waals surface area (Å²) in [4.78, 5) is 6.61. The largest absolute Gasteiger partial charge is 0.394 e. The molecular weight excluding hydrogens is 258 g/mol. The van der Waals surface area contributed by atoms with Crippen molar-refractivity contribution < 1.29 is 0 Å². The molecule has 0 aliphatic heterocycles. The molecule has 0 fully saturated rings. The van der Waals surface area contributed by atoms with Crippen LogP contribution in [0.5, 0.6) is 0 Å². The van der Waals surface area contributed by atoms with Gasteiger partial charge in [-0.15, -0.1) is 11.3 Å². The van der Waals surface area contributed by atoms with Crippen molar-refractivity contribution in [2.24, 2.45) is 0 Å². The molecule has 2 heterocycles. The number of aromatic nitrogens is 3. The molecule has 0 aliphatic rings. The second-order valence-electron chi connectivity index (χ2n) is 5.07. The van der Waals surface area contributed by atoms with Crippen LogP contribution in [-0.4, -0.2) is 21.8 Å². The minimum atomic E-state index is 0.283. The van der Waals surface area contributed by atoms with Crippen LogP contribution in [0.3, 0.4) is 0 Å². The number of thiazole rings is 1. The number of aryl methyl sites for hydroxylation is 2. The summed E-state index contributed by atoms with van der Waals surface area (Å²) < 4.78 is 1.98. The standard InChI is InChI=1S/C13H21N5S/c1-8(2)18-13(12(14)9(3)16-18)17(5)6-11-7-19-10(4)15-11/h7-8H,6,14H2,1-5H3. The Labute approximate surface area is 118 Å². The Balaban J connectivity index is 2.30. The minimum absolute atomic E-state index is 0.283. The van der Waals surface area contributed by atoms with Crippen LogP contribution in [0, 0.1) is 13.8 Å². The fourth-order valence-corrected chi connectivity index (χ4v) is 2.69. The number of nitrogen functional groups attached to an aromatic ring is 1. The zero-order chi connectivity index (χ0) is 14.2. The van der Waals surface area contributed by atoms with Gasteiger partial charge in [0.25, 0.3) is 0 Å². The Hall–Kier alpha value is -1.56. The summed E-state index contributed by atoms with van der Waals surface area (Å²) >= 11 is 1.67. The van der Waals surface area contributed by atoms with E-state index in [0.29, 0.717) is 0 Å². The van der Waals surface area contributed by atoms with Crippen molar-refractivity contribution in [3.63, 3.8) is 0 Å². The third-order valence-corrected chi connectivity index (χ3v) is 3.84. The first-order valence-electron chi connectivity index (χ1n) is 6.37. The average molecular weight is 279 g/mol. The van der Waals surface area contributed by atoms with E-state index < -0.39 is 0 Å². The molecule has 2 aromatic rings. The molecule has 2 aromatic heterocycles. The van der Waals surface area contributed by atoms with E-state index in [1.165, 1.54) is 0 Å². The van der Waals surface area contributed by atoms with Gasteiger partial charge in [-0.1, -0.05) is 0 Å². The maximum atomic E-state index is 6.16. The van der Waals surface area contributed by atoms with Crippen LogP contribution >= 0.6 is 11.3 Å². The van der Waals surface area contributed by atoms with Crippen LogP contribution < -0.4 is 10.6 Å². The molecule has 0 radical (unpaired) electrons. The van der Waals surface area contributed by atoms with E-state index in [9.17, 15) is 0 Å². The lowest BCUT2D eigenvalue weighted by Gasteiger charge is -2.22. The Morgan fingerprint density at radius 3 is 2.63 bits per heavy atom. The number of hydrogen-bond acceptors (Lipinski definition) is 5. The Bertz CT molecular complexity index is 570. The number of hydrogen-bond donors (Lipinski definition) is 1. The summed E-state index contributed by atoms with van der Waals surface area (Å²) in [6.07, 6.45) is 0. The fraction of sp³-hybridized carbons (Fsp3) is 0.538. The lowest BCUT2D eigenvalue weighted by atomic mass is 10.3. The molecule has 6 heteroatoms. The fourth-order valence-electron chi connectivity index (χ4n) is 2.09. The van der Waals surface area contributed by atoms with Crippen molar-refractivity contribution in [2.75, 3.05) is 17.7 Å². The maximum absolute atomic E-state index is 6.16. The van der Waals surface area contributed by atoms with Crippen molar-refractivity contribution in [2.45, 2.75) is 40.3 Å². The predicted molar refractivity (Wildman–Crippen MR) is 80.7 cm³/mol. The van der Waals surface area contributed by atoms with E-state index in [2.05, 4.69) is 34.2 Å². The lowest BCUT2D eigenvalue weighted by Crippen LogP contribution is -2.22. The molecule has 0 bridgehead atoms. The lowest BCUT2D eigenvalue weighted by molar-refractivity contribution is 0.525. The minimum Gasteiger partial charge on any atom is -0.394 e. The highest BCUT2D eigenvalue weighted by Crippen LogP contribution is 2.29. The van der Waals surface area contributed by atoms with Crippen LogP contribution in [0.15, 0.2) is 5.38 Å². The maximum Gasteiger partial charge on any atom is 0.151 e. The van der Waals surface area contributed by atoms with Crippen LogP contribution in [0.1, 0.15) is 36.3 Å². The van der Waals surface area contributed by atoms with Gasteiger partial charge in [0.15, 0.2) is 5.82 Å². The van der Waals surface area contributed by atoms with E-state index in [0.717, 1.165) is 34.4 Å². The summed E-state index contributed by atoms with van der Waals surface area (Å²) in [5.41, 5.74) is 8.86. The molecule has 0 unspecified atom stereocenters. The molecule has 0 spiro atoms. The van der Waals surface area contributed by atoms with Gasteiger partial charge < -0.3 is 10.6 Å². The predicted octanol–water partition coefficient (Wildman–Crippen LogP) is 2.76. The van der Waals surface area contributed by atoms with E-state index >= 15 is 0 Å². The van der Waals surface area contributed by atoms with E-state index in [1.54, 1.807) is 11.3 Å². The summed E-state index contributed by atoms with van der Waals surface area (Å²) in [6.45, 7) is 8.92. The van der Waals surface area contributed by atoms with Gasteiger partial charge in [0.05, 0.1) is 28.6 Å². The highest BCUT2D eigenvalue weighted by Gasteiger charge is 2.18. The second kappa shape index (κ2) is 5.21. The number of nitrogens with zero attached hydrogens (tertiary/aromatic N) is 4. The molecule has 0 aliphatic carbocycles. The van der Waals surface area contributed by atoms with Crippen molar-refractivity contribution in [1.82, 2.24) is 14.8 Å². The average Bonchev–Trinajstić information content (AvgIpc) is 2.84. The highest BCUT2D eigenvalue weighted by atomic mass is 32.1. The van der Waals surface area contributed by atoms with Gasteiger partial charge in [0.2, 0.25) is 0 Å². The molecule has 2 N–H and O–H groups in total. The van der Waals surface area contributed by atoms with E-state index in [-0.39, 0.29) is 6.04 Å². The monoisotopic (exact) mass is 279 g/mol. The van der Waals surface area contributed by atoms with Crippen LogP contribution in [-0.2, 0) is 6.54 Å². The molecule has 0 saturated heterocycles. The first-order chi connectivity index (χ1) is 8.90. The Morgan fingerprint density at radius 1 is 1.42 bits per heavy atom. The molecule has 19 heavy (non-hydrogen) atoms. The van der Waals surface area contributed by atoms with Crippen LogP contribution in [0.4, 0.5) is 11.5 Å². The Kier molecular flexibility index (Phi) is 3.80. The van der Waals surface area contributed by atoms with Gasteiger partial charge in [-0.05, 0) is 27.7 Å². The molecule has 0 atom stereocenters. The normalized spacial score (nSPS) is 11.3. The van der Waals surface area contributed by atoms with Gasteiger partial charge in [0, 0.05) is 18.5 Å². The SMILES string of the molecule is Cc1nc(CN(C)c2c(N)c(C)nn2C(C)C)cs1. The van der Waals surface area contributed by atoms with Gasteiger partial charge >= 0.3 is 0 Å². The van der Waals surface area contributed by atoms with Crippen molar-refractivity contribution >= 4 is 22.8 Å². The molecule has 0 saturated carbocycles. The van der Waals surface area contributed by atoms with Gasteiger partial charge in [-0.3, -0.25) is 0 Å². The van der Waals surface area contributed by atoms with Crippen molar-refractivity contribution in [3.8, 4) is 0 Å². The molecule has 0 aromatic carbocycles. The third kappa shape index (κ3) is 2.73. The first kappa shape index (κ1) is 13.9. The van der Waals surface area contributed by atoms with Crippen molar-refractivity contribution in [1.29, 1.82) is 0 Å². The Morgan fingerprint density at radius 2 is 2.11 bits per heavy atom. The second-order valence-corrected chi connectivity index (χ2v) is 6.14. The van der Waals surface area contributed by atoms with Gasteiger partial charge in [-0.25, -0.2) is 9.67 Å². The quantitative estimate of drug-likeness (QED) is 0.935.